The summed E-state index contributed by atoms with van der Waals surface area (Å²) in [6.45, 7) is 18.0. The van der Waals surface area contributed by atoms with Gasteiger partial charge in [-0.25, -0.2) is 0 Å². The van der Waals surface area contributed by atoms with Crippen molar-refractivity contribution >= 4 is 93.8 Å². The number of nitrogens with zero attached hydrogens (tertiary/aromatic N) is 3. The molecule has 1 radical (unpaired) electrons. The summed E-state index contributed by atoms with van der Waals surface area (Å²) in [5.41, 5.74) is 3.99. The van der Waals surface area contributed by atoms with Gasteiger partial charge in [0, 0.05) is 46.3 Å². The summed E-state index contributed by atoms with van der Waals surface area (Å²) in [6.07, 6.45) is 30.7. The molecule has 0 saturated carbocycles. The van der Waals surface area contributed by atoms with Crippen LogP contribution >= 0.6 is 70.6 Å². The van der Waals surface area contributed by atoms with Gasteiger partial charge in [-0.2, -0.15) is 15.0 Å². The Balaban J connectivity index is 1.78. The van der Waals surface area contributed by atoms with Crippen LogP contribution < -0.4 is 10.6 Å². The van der Waals surface area contributed by atoms with Gasteiger partial charge < -0.3 is 10.6 Å². The van der Waals surface area contributed by atoms with Crippen molar-refractivity contribution in [1.82, 2.24) is 15.0 Å². The molecule has 0 spiro atoms. The molecule has 0 fully saturated rings. The molecule has 3 aromatic carbocycles. The number of hydrogen-bond acceptors (Lipinski definition) is 11. The van der Waals surface area contributed by atoms with Gasteiger partial charge in [0.05, 0.1) is 0 Å². The average molecular weight is 1050 g/mol. The van der Waals surface area contributed by atoms with Gasteiger partial charge in [-0.1, -0.05) is 181 Å². The molecule has 0 saturated heterocycles. The largest absolute Gasteiger partial charge is 0.324 e. The predicted octanol–water partition coefficient (Wildman–Crippen LogP) is 21.2. The van der Waals surface area contributed by atoms with Crippen molar-refractivity contribution in [3.63, 3.8) is 0 Å². The molecule has 4 rings (SSSR count). The summed E-state index contributed by atoms with van der Waals surface area (Å²) in [5, 5.41) is 7.52. The van der Waals surface area contributed by atoms with E-state index in [2.05, 4.69) is 119 Å². The molecule has 1 heterocycles. The molecule has 69 heavy (non-hydrogen) atoms. The molecule has 0 aliphatic heterocycles. The van der Waals surface area contributed by atoms with Crippen LogP contribution in [-0.2, 0) is 0 Å². The van der Waals surface area contributed by atoms with E-state index < -0.39 is 0 Å². The lowest BCUT2D eigenvalue weighted by Crippen LogP contribution is -2.06. The van der Waals surface area contributed by atoms with Crippen LogP contribution in [0.3, 0.4) is 0 Å². The smallest absolute Gasteiger partial charge is 0.232 e. The second-order valence-electron chi connectivity index (χ2n) is 18.3. The van der Waals surface area contributed by atoms with Crippen molar-refractivity contribution in [2.24, 2.45) is 0 Å². The van der Waals surface area contributed by atoms with E-state index in [0.717, 1.165) is 57.0 Å². The molecular weight excluding hydrogens is 959 g/mol. The van der Waals surface area contributed by atoms with Crippen LogP contribution in [0, 0.1) is 6.92 Å². The molecule has 0 amide bonds. The van der Waals surface area contributed by atoms with Crippen molar-refractivity contribution in [2.45, 2.75) is 225 Å². The first-order valence-electron chi connectivity index (χ1n) is 27.3. The molecule has 0 aliphatic carbocycles. The van der Waals surface area contributed by atoms with Gasteiger partial charge in [0.2, 0.25) is 11.9 Å². The Morgan fingerprint density at radius 1 is 0.362 bits per heavy atom. The third kappa shape index (κ3) is 24.3. The molecule has 0 unspecified atom stereocenters. The second-order valence-corrected chi connectivity index (χ2v) is 25.1. The van der Waals surface area contributed by atoms with Crippen LogP contribution in [0.4, 0.5) is 23.3 Å². The molecule has 11 heteroatoms. The van der Waals surface area contributed by atoms with E-state index in [1.54, 1.807) is 0 Å². The summed E-state index contributed by atoms with van der Waals surface area (Å²) >= 11 is 12.3. The minimum absolute atomic E-state index is 0.550. The molecule has 0 aliphatic rings. The number of anilines is 4. The Kier molecular flexibility index (Phi) is 33.0. The first-order valence-corrected chi connectivity index (χ1v) is 33.2. The number of benzene rings is 3. The highest BCUT2D eigenvalue weighted by atomic mass is 32.2. The third-order valence-corrected chi connectivity index (χ3v) is 19.4. The molecule has 0 bridgehead atoms. The SMILES string of the molecule is [CH2]c1ccc(-c2nc(Nc3cc(SCCCCCC)c(SCCCCCC)c(SCCCCCC)c3)nc(Nc3cc(SCCCCCC)c(SCCCCCC)c(SCCCCCC)c3)n2)cc1. The van der Waals surface area contributed by atoms with E-state index in [-0.39, 0.29) is 0 Å². The first-order chi connectivity index (χ1) is 33.9. The second kappa shape index (κ2) is 38.0. The maximum Gasteiger partial charge on any atom is 0.232 e. The summed E-state index contributed by atoms with van der Waals surface area (Å²) in [6, 6.07) is 17.7. The van der Waals surface area contributed by atoms with Crippen molar-refractivity contribution in [2.75, 3.05) is 45.2 Å². The Morgan fingerprint density at radius 2 is 0.652 bits per heavy atom. The summed E-state index contributed by atoms with van der Waals surface area (Å²) in [4.78, 5) is 23.9. The van der Waals surface area contributed by atoms with Crippen LogP contribution in [0.5, 0.6) is 0 Å². The zero-order chi connectivity index (χ0) is 49.2. The van der Waals surface area contributed by atoms with Crippen molar-refractivity contribution in [1.29, 1.82) is 0 Å². The monoisotopic (exact) mass is 1050 g/mol. The van der Waals surface area contributed by atoms with Crippen LogP contribution in [0.15, 0.2) is 77.9 Å². The summed E-state index contributed by atoms with van der Waals surface area (Å²) in [7, 11) is 0. The first kappa shape index (κ1) is 59.9. The zero-order valence-electron chi connectivity index (χ0n) is 43.8. The van der Waals surface area contributed by atoms with Gasteiger partial charge >= 0.3 is 0 Å². The maximum absolute atomic E-state index is 5.18. The summed E-state index contributed by atoms with van der Waals surface area (Å²) < 4.78 is 0. The number of aromatic nitrogens is 3. The minimum Gasteiger partial charge on any atom is -0.324 e. The number of hydrogen-bond donors (Lipinski definition) is 2. The highest BCUT2D eigenvalue weighted by molar-refractivity contribution is 8.04. The van der Waals surface area contributed by atoms with Crippen LogP contribution in [0.1, 0.15) is 201 Å². The Bertz CT molecular complexity index is 1780. The van der Waals surface area contributed by atoms with Crippen molar-refractivity contribution < 1.29 is 0 Å². The number of nitrogens with one attached hydrogen (secondary N) is 2. The molecule has 0 atom stereocenters. The van der Waals surface area contributed by atoms with E-state index in [1.807, 2.05) is 59.2 Å². The molecule has 4 aromatic rings. The normalized spacial score (nSPS) is 11.5. The van der Waals surface area contributed by atoms with Gasteiger partial charge in [0.15, 0.2) is 5.82 Å². The van der Waals surface area contributed by atoms with E-state index in [0.29, 0.717) is 17.7 Å². The van der Waals surface area contributed by atoms with E-state index >= 15 is 0 Å². The number of thioether (sulfide) groups is 6. The van der Waals surface area contributed by atoms with Crippen LogP contribution in [0.2, 0.25) is 0 Å². The predicted molar refractivity (Wildman–Crippen MR) is 318 cm³/mol. The zero-order valence-corrected chi connectivity index (χ0v) is 48.7. The van der Waals surface area contributed by atoms with Gasteiger partial charge in [0.1, 0.15) is 0 Å². The molecule has 5 nitrogen and oxygen atoms in total. The van der Waals surface area contributed by atoms with Gasteiger partial charge in [-0.05, 0) is 110 Å². The highest BCUT2D eigenvalue weighted by Crippen LogP contribution is 2.44. The lowest BCUT2D eigenvalue weighted by atomic mass is 10.1. The van der Waals surface area contributed by atoms with E-state index in [4.69, 9.17) is 15.0 Å². The maximum atomic E-state index is 5.18. The molecule has 383 valence electrons. The Hall–Kier alpha value is -1.63. The molecule has 1 aromatic heterocycles. The fraction of sp³-hybridized carbons (Fsp3) is 0.621. The lowest BCUT2D eigenvalue weighted by molar-refractivity contribution is 0.705. The average Bonchev–Trinajstić information content (AvgIpc) is 3.34. The summed E-state index contributed by atoms with van der Waals surface area (Å²) in [5.74, 6) is 8.59. The van der Waals surface area contributed by atoms with Gasteiger partial charge in [0.25, 0.3) is 0 Å². The quantitative estimate of drug-likeness (QED) is 0.0330. The van der Waals surface area contributed by atoms with Crippen molar-refractivity contribution in [3.05, 3.63) is 61.0 Å². The lowest BCUT2D eigenvalue weighted by Gasteiger charge is -2.18. The van der Waals surface area contributed by atoms with Gasteiger partial charge in [-0.15, -0.1) is 70.6 Å². The topological polar surface area (TPSA) is 62.7 Å². The fourth-order valence-corrected chi connectivity index (χ4v) is 15.3. The fourth-order valence-electron chi connectivity index (χ4n) is 7.79. The number of rotatable bonds is 41. The highest BCUT2D eigenvalue weighted by Gasteiger charge is 2.18. The third-order valence-electron chi connectivity index (χ3n) is 11.9. The van der Waals surface area contributed by atoms with E-state index in [9.17, 15) is 0 Å². The van der Waals surface area contributed by atoms with Gasteiger partial charge in [-0.3, -0.25) is 0 Å². The van der Waals surface area contributed by atoms with Crippen molar-refractivity contribution in [3.8, 4) is 11.4 Å². The minimum atomic E-state index is 0.550. The Morgan fingerprint density at radius 3 is 0.942 bits per heavy atom. The van der Waals surface area contributed by atoms with Crippen LogP contribution in [0.25, 0.3) is 11.4 Å². The Labute approximate surface area is 448 Å². The molecule has 2 N–H and O–H groups in total. The standard InChI is InChI=1S/C58H90N5S6/c1-8-14-20-26-36-64-50-42-48(43-51(65-37-27-21-15-9-2)54(50)68-40-30-24-18-12-5)59-57-61-56(47-34-32-46(7)33-35-47)62-58(63-57)60-49-44-52(66-38-28-22-16-10-3)55(69-41-31-25-19-13-6)53(45-49)67-39-29-23-17-11-4/h32-35,42-45H,7-31,36-41H2,1-6H3,(H2,59,60,61,62,63). The molecular formula is C58H90N5S6. The van der Waals surface area contributed by atoms with Crippen LogP contribution in [-0.4, -0.2) is 49.5 Å². The number of unbranched alkanes of at least 4 members (excludes halogenated alkanes) is 18. The van der Waals surface area contributed by atoms with E-state index in [1.165, 1.54) is 183 Å².